The minimum atomic E-state index is -0.118. The number of nitrogens with two attached hydrogens (primary N) is 1. The van der Waals surface area contributed by atoms with Gasteiger partial charge >= 0.3 is 0 Å². The molecule has 0 aromatic rings. The van der Waals surface area contributed by atoms with Gasteiger partial charge in [0, 0.05) is 13.1 Å². The van der Waals surface area contributed by atoms with Crippen LogP contribution in [0, 0.1) is 11.3 Å². The highest BCUT2D eigenvalue weighted by Gasteiger charge is 2.43. The molecule has 0 spiro atoms. The van der Waals surface area contributed by atoms with E-state index >= 15 is 0 Å². The van der Waals surface area contributed by atoms with E-state index in [1.54, 1.807) is 0 Å². The van der Waals surface area contributed by atoms with Gasteiger partial charge in [0.05, 0.1) is 6.10 Å². The molecule has 3 N–H and O–H groups in total. The van der Waals surface area contributed by atoms with Crippen molar-refractivity contribution in [2.75, 3.05) is 26.2 Å². The van der Waals surface area contributed by atoms with E-state index in [2.05, 4.69) is 11.8 Å². The maximum Gasteiger partial charge on any atom is 0.0693 e. The molecule has 88 valence electrons. The molecule has 1 heterocycles. The van der Waals surface area contributed by atoms with Crippen LogP contribution in [0.5, 0.6) is 0 Å². The lowest BCUT2D eigenvalue weighted by atomic mass is 9.94. The van der Waals surface area contributed by atoms with Crippen molar-refractivity contribution in [3.8, 4) is 0 Å². The van der Waals surface area contributed by atoms with E-state index in [4.69, 9.17) is 5.73 Å². The molecule has 2 aliphatic rings. The third kappa shape index (κ3) is 2.71. The van der Waals surface area contributed by atoms with Crippen molar-refractivity contribution in [1.29, 1.82) is 0 Å². The van der Waals surface area contributed by atoms with Crippen LogP contribution in [0.2, 0.25) is 0 Å². The van der Waals surface area contributed by atoms with E-state index < -0.39 is 0 Å². The normalized spacial score (nSPS) is 35.4. The van der Waals surface area contributed by atoms with Crippen molar-refractivity contribution in [2.24, 2.45) is 17.1 Å². The van der Waals surface area contributed by atoms with Gasteiger partial charge in [0.15, 0.2) is 0 Å². The van der Waals surface area contributed by atoms with E-state index in [1.807, 2.05) is 0 Å². The fraction of sp³-hybridized carbons (Fsp3) is 1.00. The molecule has 2 rings (SSSR count). The number of aliphatic hydroxyl groups excluding tert-OH is 1. The van der Waals surface area contributed by atoms with E-state index in [9.17, 15) is 5.11 Å². The Labute approximate surface area is 92.6 Å². The summed E-state index contributed by atoms with van der Waals surface area (Å²) in [6, 6.07) is 0. The van der Waals surface area contributed by atoms with Crippen LogP contribution in [-0.4, -0.2) is 42.3 Å². The summed E-state index contributed by atoms with van der Waals surface area (Å²) < 4.78 is 0. The van der Waals surface area contributed by atoms with E-state index in [1.165, 1.54) is 12.8 Å². The number of hydrogen-bond acceptors (Lipinski definition) is 3. The Kier molecular flexibility index (Phi) is 3.33. The molecule has 15 heavy (non-hydrogen) atoms. The third-order valence-electron chi connectivity index (χ3n) is 4.19. The smallest absolute Gasteiger partial charge is 0.0693 e. The molecule has 2 fully saturated rings. The second kappa shape index (κ2) is 4.40. The average Bonchev–Trinajstić information content (AvgIpc) is 2.92. The highest BCUT2D eigenvalue weighted by molar-refractivity contribution is 4.96. The molecule has 1 saturated heterocycles. The van der Waals surface area contributed by atoms with Crippen LogP contribution in [0.1, 0.15) is 32.6 Å². The van der Waals surface area contributed by atoms with Crippen molar-refractivity contribution in [3.63, 3.8) is 0 Å². The average molecular weight is 212 g/mol. The summed E-state index contributed by atoms with van der Waals surface area (Å²) in [6.07, 6.45) is 4.86. The highest BCUT2D eigenvalue weighted by atomic mass is 16.3. The van der Waals surface area contributed by atoms with Gasteiger partial charge in [-0.15, -0.1) is 0 Å². The Balaban J connectivity index is 1.80. The molecule has 1 aliphatic heterocycles. The molecular formula is C12H24N2O. The van der Waals surface area contributed by atoms with Gasteiger partial charge < -0.3 is 15.7 Å². The number of β-amino-alcohol motifs (C(OH)–C–C–N with tert-alkyl or cyclic N) is 1. The van der Waals surface area contributed by atoms with Crippen molar-refractivity contribution in [1.82, 2.24) is 4.90 Å². The molecule has 0 radical (unpaired) electrons. The van der Waals surface area contributed by atoms with Gasteiger partial charge in [0.25, 0.3) is 0 Å². The summed E-state index contributed by atoms with van der Waals surface area (Å²) in [4.78, 5) is 2.44. The molecule has 1 aliphatic carbocycles. The number of nitrogens with zero attached hydrogens (tertiary/aromatic N) is 1. The largest absolute Gasteiger partial charge is 0.392 e. The molecule has 0 amide bonds. The first-order valence-corrected chi connectivity index (χ1v) is 6.26. The minimum absolute atomic E-state index is 0.118. The summed E-state index contributed by atoms with van der Waals surface area (Å²) in [5, 5.41) is 9.83. The second-order valence-electron chi connectivity index (χ2n) is 5.61. The lowest BCUT2D eigenvalue weighted by Crippen LogP contribution is -2.45. The van der Waals surface area contributed by atoms with Gasteiger partial charge in [-0.05, 0) is 50.1 Å². The summed E-state index contributed by atoms with van der Waals surface area (Å²) >= 11 is 0. The van der Waals surface area contributed by atoms with E-state index in [-0.39, 0.29) is 6.10 Å². The Bertz CT molecular complexity index is 216. The first-order valence-electron chi connectivity index (χ1n) is 6.26. The fourth-order valence-corrected chi connectivity index (χ4v) is 2.70. The summed E-state index contributed by atoms with van der Waals surface area (Å²) in [6.45, 7) is 6.15. The van der Waals surface area contributed by atoms with E-state index in [0.29, 0.717) is 11.3 Å². The van der Waals surface area contributed by atoms with Crippen LogP contribution in [0.4, 0.5) is 0 Å². The zero-order valence-corrected chi connectivity index (χ0v) is 9.78. The van der Waals surface area contributed by atoms with Gasteiger partial charge in [0.2, 0.25) is 0 Å². The molecule has 3 heteroatoms. The highest BCUT2D eigenvalue weighted by Crippen LogP contribution is 2.49. The van der Waals surface area contributed by atoms with Crippen LogP contribution in [0.25, 0.3) is 0 Å². The van der Waals surface area contributed by atoms with Crippen LogP contribution >= 0.6 is 0 Å². The Morgan fingerprint density at radius 3 is 2.73 bits per heavy atom. The summed E-state index contributed by atoms with van der Waals surface area (Å²) in [5.74, 6) is 0.478. The van der Waals surface area contributed by atoms with Gasteiger partial charge in [-0.2, -0.15) is 0 Å². The van der Waals surface area contributed by atoms with Crippen LogP contribution in [-0.2, 0) is 0 Å². The van der Waals surface area contributed by atoms with E-state index in [0.717, 1.165) is 39.0 Å². The molecule has 3 nitrogen and oxygen atoms in total. The monoisotopic (exact) mass is 212 g/mol. The summed E-state index contributed by atoms with van der Waals surface area (Å²) in [5.41, 5.74) is 6.16. The number of hydrogen-bond donors (Lipinski definition) is 2. The van der Waals surface area contributed by atoms with Crippen molar-refractivity contribution in [3.05, 3.63) is 0 Å². The van der Waals surface area contributed by atoms with Gasteiger partial charge in [0.1, 0.15) is 0 Å². The standard InChI is InChI=1S/C12H24N2O/c1-10-2-7-14(8-11(10)15)9-12(3-4-12)5-6-13/h10-11,15H,2-9,13H2,1H3. The van der Waals surface area contributed by atoms with Gasteiger partial charge in [-0.1, -0.05) is 6.92 Å². The van der Waals surface area contributed by atoms with Crippen LogP contribution in [0.3, 0.4) is 0 Å². The lowest BCUT2D eigenvalue weighted by molar-refractivity contribution is 0.0204. The molecule has 0 aromatic heterocycles. The zero-order valence-electron chi connectivity index (χ0n) is 9.78. The molecule has 1 saturated carbocycles. The predicted molar refractivity (Wildman–Crippen MR) is 61.6 cm³/mol. The molecular weight excluding hydrogens is 188 g/mol. The maximum atomic E-state index is 9.83. The van der Waals surface area contributed by atoms with Gasteiger partial charge in [-0.25, -0.2) is 0 Å². The quantitative estimate of drug-likeness (QED) is 0.725. The number of aliphatic hydroxyl groups is 1. The second-order valence-corrected chi connectivity index (χ2v) is 5.61. The zero-order chi connectivity index (χ0) is 10.9. The first kappa shape index (κ1) is 11.4. The number of piperidine rings is 1. The molecule has 0 aromatic carbocycles. The lowest BCUT2D eigenvalue weighted by Gasteiger charge is -2.36. The minimum Gasteiger partial charge on any atom is -0.392 e. The number of rotatable bonds is 4. The first-order chi connectivity index (χ1) is 7.15. The van der Waals surface area contributed by atoms with Crippen molar-refractivity contribution in [2.45, 2.75) is 38.7 Å². The Morgan fingerprint density at radius 1 is 1.47 bits per heavy atom. The number of likely N-dealkylation sites (tertiary alicyclic amines) is 1. The third-order valence-corrected chi connectivity index (χ3v) is 4.19. The Hall–Kier alpha value is -0.120. The summed E-state index contributed by atoms with van der Waals surface area (Å²) in [7, 11) is 0. The predicted octanol–water partition coefficient (Wildman–Crippen LogP) is 0.818. The van der Waals surface area contributed by atoms with Crippen molar-refractivity contribution < 1.29 is 5.11 Å². The van der Waals surface area contributed by atoms with Crippen LogP contribution < -0.4 is 5.73 Å². The van der Waals surface area contributed by atoms with Crippen LogP contribution in [0.15, 0.2) is 0 Å². The molecule has 2 unspecified atom stereocenters. The molecule has 2 atom stereocenters. The molecule has 0 bridgehead atoms. The topological polar surface area (TPSA) is 49.5 Å². The maximum absolute atomic E-state index is 9.83. The van der Waals surface area contributed by atoms with Crippen molar-refractivity contribution >= 4 is 0 Å². The SMILES string of the molecule is CC1CCN(CC2(CCN)CC2)CC1O. The Morgan fingerprint density at radius 2 is 2.20 bits per heavy atom. The fourth-order valence-electron chi connectivity index (χ4n) is 2.70. The van der Waals surface area contributed by atoms with Gasteiger partial charge in [-0.3, -0.25) is 0 Å².